The number of hydrogen-bond acceptors (Lipinski definition) is 10. The zero-order valence-corrected chi connectivity index (χ0v) is 28.1. The van der Waals surface area contributed by atoms with E-state index in [2.05, 4.69) is 21.3 Å². The van der Waals surface area contributed by atoms with Gasteiger partial charge in [-0.05, 0) is 86.9 Å². The monoisotopic (exact) mass is 686 g/mol. The number of unbranched alkanes of at least 4 members (excludes halogenated alkanes) is 1. The first-order valence-electron chi connectivity index (χ1n) is 16.2. The molecule has 12 N–H and O–H groups in total. The summed E-state index contributed by atoms with van der Waals surface area (Å²) < 4.78 is 0. The van der Waals surface area contributed by atoms with Gasteiger partial charge in [-0.3, -0.25) is 19.2 Å². The highest BCUT2D eigenvalue weighted by Gasteiger charge is 2.34. The van der Waals surface area contributed by atoms with Crippen LogP contribution in [0.3, 0.4) is 0 Å². The van der Waals surface area contributed by atoms with Crippen LogP contribution in [0.1, 0.15) is 57.6 Å². The van der Waals surface area contributed by atoms with Crippen molar-refractivity contribution in [3.05, 3.63) is 59.7 Å². The molecule has 0 fully saturated rings. The van der Waals surface area contributed by atoms with E-state index in [9.17, 15) is 44.4 Å². The maximum Gasteiger partial charge on any atom is 0.326 e. The van der Waals surface area contributed by atoms with Gasteiger partial charge in [0.25, 0.3) is 0 Å². The molecule has 0 saturated heterocycles. The second-order valence-electron chi connectivity index (χ2n) is 12.5. The Bertz CT molecular complexity index is 1390. The number of aliphatic hydroxyl groups is 1. The van der Waals surface area contributed by atoms with E-state index in [0.29, 0.717) is 30.5 Å². The number of hydrogen-bond donors (Lipinski definition) is 10. The molecule has 0 aliphatic heterocycles. The van der Waals surface area contributed by atoms with Crippen LogP contribution in [0.5, 0.6) is 11.5 Å². The van der Waals surface area contributed by atoms with E-state index < -0.39 is 65.9 Å². The van der Waals surface area contributed by atoms with Gasteiger partial charge in [0, 0.05) is 6.42 Å². The fourth-order valence-corrected chi connectivity index (χ4v) is 4.98. The zero-order valence-electron chi connectivity index (χ0n) is 28.1. The first-order valence-corrected chi connectivity index (χ1v) is 16.2. The van der Waals surface area contributed by atoms with Crippen LogP contribution in [0.2, 0.25) is 0 Å². The third-order valence-electron chi connectivity index (χ3n) is 7.70. The van der Waals surface area contributed by atoms with Crippen LogP contribution >= 0.6 is 0 Å². The number of nitrogens with one attached hydrogen (secondary N) is 4. The number of phenols is 2. The van der Waals surface area contributed by atoms with E-state index in [0.717, 1.165) is 0 Å². The number of aromatic hydroxyl groups is 2. The second-order valence-corrected chi connectivity index (χ2v) is 12.5. The molecule has 6 atom stereocenters. The Hall–Kier alpha value is -4.73. The van der Waals surface area contributed by atoms with Crippen molar-refractivity contribution < 1.29 is 44.4 Å². The molecule has 15 heteroatoms. The summed E-state index contributed by atoms with van der Waals surface area (Å²) in [7, 11) is 0. The Balaban J connectivity index is 2.17. The van der Waals surface area contributed by atoms with Gasteiger partial charge < -0.3 is 53.2 Å². The van der Waals surface area contributed by atoms with Crippen molar-refractivity contribution in [3.8, 4) is 11.5 Å². The number of rotatable bonds is 20. The van der Waals surface area contributed by atoms with Crippen LogP contribution in [0.15, 0.2) is 48.5 Å². The highest BCUT2D eigenvalue weighted by Crippen LogP contribution is 2.14. The minimum Gasteiger partial charge on any atom is -0.508 e. The molecule has 15 nitrogen and oxygen atoms in total. The topological polar surface area (TPSA) is 266 Å². The highest BCUT2D eigenvalue weighted by molar-refractivity contribution is 5.95. The predicted octanol–water partition coefficient (Wildman–Crippen LogP) is -0.210. The maximum atomic E-state index is 13.5. The Morgan fingerprint density at radius 1 is 0.673 bits per heavy atom. The summed E-state index contributed by atoms with van der Waals surface area (Å²) in [5, 5.41) is 49.2. The molecule has 0 spiro atoms. The van der Waals surface area contributed by atoms with Gasteiger partial charge in [-0.1, -0.05) is 38.1 Å². The predicted molar refractivity (Wildman–Crippen MR) is 181 cm³/mol. The molecule has 0 aliphatic rings. The lowest BCUT2D eigenvalue weighted by molar-refractivity contribution is -0.143. The quantitative estimate of drug-likeness (QED) is 0.0815. The number of amides is 4. The lowest BCUT2D eigenvalue weighted by atomic mass is 10.0. The summed E-state index contributed by atoms with van der Waals surface area (Å²) in [6, 6.07) is 5.68. The van der Waals surface area contributed by atoms with Gasteiger partial charge in [0.05, 0.1) is 12.1 Å². The molecule has 2 rings (SSSR count). The molecule has 2 aromatic carbocycles. The number of carbonyl (C=O) groups is 5. The van der Waals surface area contributed by atoms with Crippen LogP contribution in [0.25, 0.3) is 0 Å². The molecule has 270 valence electrons. The van der Waals surface area contributed by atoms with Gasteiger partial charge in [0.15, 0.2) is 0 Å². The van der Waals surface area contributed by atoms with E-state index >= 15 is 0 Å². The number of carboxylic acids is 1. The first-order chi connectivity index (χ1) is 23.1. The van der Waals surface area contributed by atoms with Gasteiger partial charge in [-0.2, -0.15) is 0 Å². The second kappa shape index (κ2) is 19.9. The number of aliphatic hydroxyl groups excluding tert-OH is 1. The highest BCUT2D eigenvalue weighted by atomic mass is 16.4. The summed E-state index contributed by atoms with van der Waals surface area (Å²) in [6.45, 7) is 5.24. The summed E-state index contributed by atoms with van der Waals surface area (Å²) in [5.41, 5.74) is 13.0. The standard InChI is InChI=1S/C34H50N6O9/c1-19(2)16-27(32(46)40-29(20(3)41)33(47)39-28(34(48)49)18-22-9-13-24(43)14-10-22)38-31(45)26(6-4-5-15-35)37-30(44)25(36)17-21-7-11-23(42)12-8-21/h7-14,19-20,25-29,41-43H,4-6,15-18,35-36H2,1-3H3,(H,37,44)(H,38,45)(H,39,47)(H,40,46)(H,48,49)/t20-,25+,26+,27+,28+,29+/m1/s1. The molecule has 4 amide bonds. The molecule has 0 bridgehead atoms. The normalized spacial score (nSPS) is 14.8. The average molecular weight is 687 g/mol. The molecule has 0 unspecified atom stereocenters. The Labute approximate surface area is 285 Å². The summed E-state index contributed by atoms with van der Waals surface area (Å²) in [5.74, 6) is -4.44. The van der Waals surface area contributed by atoms with Crippen LogP contribution in [-0.2, 0) is 36.8 Å². The minimum atomic E-state index is -1.57. The average Bonchev–Trinajstić information content (AvgIpc) is 3.03. The SMILES string of the molecule is CC(C)C[C@H](NC(=O)[C@H](CCCCN)NC(=O)[C@@H](N)Cc1ccc(O)cc1)C(=O)N[C@H](C(=O)N[C@@H](Cc1ccc(O)cc1)C(=O)O)[C@@H](C)O. The third kappa shape index (κ3) is 14.1. The van der Waals surface area contributed by atoms with Crippen LogP contribution < -0.4 is 32.7 Å². The van der Waals surface area contributed by atoms with E-state index in [4.69, 9.17) is 11.5 Å². The van der Waals surface area contributed by atoms with Gasteiger partial charge >= 0.3 is 5.97 Å². The van der Waals surface area contributed by atoms with Crippen molar-refractivity contribution >= 4 is 29.6 Å². The molecule has 2 aromatic rings. The number of benzene rings is 2. The molecule has 0 aromatic heterocycles. The largest absolute Gasteiger partial charge is 0.508 e. The fourth-order valence-electron chi connectivity index (χ4n) is 4.98. The number of carboxylic acid groups (broad SMARTS) is 1. The third-order valence-corrected chi connectivity index (χ3v) is 7.70. The van der Waals surface area contributed by atoms with Gasteiger partial charge in [0.1, 0.15) is 35.7 Å². The Morgan fingerprint density at radius 2 is 1.16 bits per heavy atom. The Kier molecular flexibility index (Phi) is 16.5. The smallest absolute Gasteiger partial charge is 0.326 e. The van der Waals surface area contributed by atoms with Crippen molar-refractivity contribution in [3.63, 3.8) is 0 Å². The molecule has 0 aliphatic carbocycles. The van der Waals surface area contributed by atoms with Crippen molar-refractivity contribution in [2.45, 2.75) is 95.6 Å². The molecule has 0 saturated carbocycles. The van der Waals surface area contributed by atoms with E-state index in [1.165, 1.54) is 43.3 Å². The van der Waals surface area contributed by atoms with Crippen molar-refractivity contribution in [2.24, 2.45) is 17.4 Å². The van der Waals surface area contributed by atoms with Crippen LogP contribution in [0, 0.1) is 5.92 Å². The fraction of sp³-hybridized carbons (Fsp3) is 0.500. The summed E-state index contributed by atoms with van der Waals surface area (Å²) in [4.78, 5) is 65.2. The molecular weight excluding hydrogens is 636 g/mol. The summed E-state index contributed by atoms with van der Waals surface area (Å²) in [6.07, 6.45) is -0.0412. The van der Waals surface area contributed by atoms with Crippen LogP contribution in [-0.4, -0.2) is 92.9 Å². The number of phenolic OH excluding ortho intramolecular Hbond substituents is 2. The molecule has 0 radical (unpaired) electrons. The van der Waals surface area contributed by atoms with E-state index in [1.807, 2.05) is 13.8 Å². The first kappa shape index (κ1) is 40.4. The van der Waals surface area contributed by atoms with Gasteiger partial charge in [-0.15, -0.1) is 0 Å². The summed E-state index contributed by atoms with van der Waals surface area (Å²) >= 11 is 0. The number of carbonyl (C=O) groups excluding carboxylic acids is 4. The van der Waals surface area contributed by atoms with Crippen molar-refractivity contribution in [1.82, 2.24) is 21.3 Å². The molecular formula is C34H50N6O9. The van der Waals surface area contributed by atoms with Crippen molar-refractivity contribution in [2.75, 3.05) is 6.54 Å². The van der Waals surface area contributed by atoms with Gasteiger partial charge in [0.2, 0.25) is 23.6 Å². The van der Waals surface area contributed by atoms with Gasteiger partial charge in [-0.25, -0.2) is 4.79 Å². The van der Waals surface area contributed by atoms with E-state index in [1.54, 1.807) is 12.1 Å². The molecule has 0 heterocycles. The lowest BCUT2D eigenvalue weighted by Crippen LogP contribution is -2.60. The minimum absolute atomic E-state index is 0.0157. The lowest BCUT2D eigenvalue weighted by Gasteiger charge is -2.28. The number of nitrogens with two attached hydrogens (primary N) is 2. The molecule has 49 heavy (non-hydrogen) atoms. The van der Waals surface area contributed by atoms with Crippen LogP contribution in [0.4, 0.5) is 0 Å². The number of aliphatic carboxylic acids is 1. The van der Waals surface area contributed by atoms with Crippen molar-refractivity contribution in [1.29, 1.82) is 0 Å². The maximum absolute atomic E-state index is 13.5. The Morgan fingerprint density at radius 3 is 1.65 bits per heavy atom. The van der Waals surface area contributed by atoms with E-state index in [-0.39, 0.29) is 43.1 Å². The zero-order chi connectivity index (χ0) is 36.7.